The standard InChI is InChI=1S/C11H21NO4Si/c1-6-15-10-7-9(11(13)14-2)8-12(16-10)17(3,4)5/h8,10H,6-7H2,1-5H3. The van der Waals surface area contributed by atoms with Crippen molar-refractivity contribution in [3.8, 4) is 0 Å². The maximum Gasteiger partial charge on any atom is 0.335 e. The van der Waals surface area contributed by atoms with Gasteiger partial charge in [-0.25, -0.2) is 4.79 Å². The first-order valence-corrected chi connectivity index (χ1v) is 9.20. The summed E-state index contributed by atoms with van der Waals surface area (Å²) < 4.78 is 12.0. The lowest BCUT2D eigenvalue weighted by Gasteiger charge is -2.38. The molecule has 0 fully saturated rings. The van der Waals surface area contributed by atoms with E-state index in [0.717, 1.165) is 0 Å². The molecule has 17 heavy (non-hydrogen) atoms. The number of hydroxylamine groups is 1. The van der Waals surface area contributed by atoms with Crippen LogP contribution in [0.1, 0.15) is 13.3 Å². The van der Waals surface area contributed by atoms with Crippen LogP contribution in [0.25, 0.3) is 0 Å². The van der Waals surface area contributed by atoms with Crippen LogP contribution < -0.4 is 0 Å². The fourth-order valence-electron chi connectivity index (χ4n) is 1.46. The molecule has 0 aromatic heterocycles. The highest BCUT2D eigenvalue weighted by Gasteiger charge is 2.32. The van der Waals surface area contributed by atoms with Gasteiger partial charge in [-0.1, -0.05) is 0 Å². The fourth-order valence-corrected chi connectivity index (χ4v) is 2.44. The molecule has 1 unspecified atom stereocenters. The van der Waals surface area contributed by atoms with Crippen LogP contribution in [0, 0.1) is 0 Å². The van der Waals surface area contributed by atoms with E-state index >= 15 is 0 Å². The molecule has 0 N–H and O–H groups in total. The minimum Gasteiger partial charge on any atom is -0.466 e. The molecular formula is C11H21NO4Si. The van der Waals surface area contributed by atoms with Gasteiger partial charge in [0, 0.05) is 19.2 Å². The van der Waals surface area contributed by atoms with Gasteiger partial charge in [-0.2, -0.15) is 0 Å². The van der Waals surface area contributed by atoms with Crippen molar-refractivity contribution in [2.75, 3.05) is 13.7 Å². The van der Waals surface area contributed by atoms with Crippen LogP contribution in [0.5, 0.6) is 0 Å². The largest absolute Gasteiger partial charge is 0.466 e. The van der Waals surface area contributed by atoms with Crippen molar-refractivity contribution in [3.63, 3.8) is 0 Å². The number of nitrogens with zero attached hydrogens (tertiary/aromatic N) is 1. The van der Waals surface area contributed by atoms with E-state index in [1.165, 1.54) is 7.11 Å². The van der Waals surface area contributed by atoms with Crippen molar-refractivity contribution < 1.29 is 19.1 Å². The van der Waals surface area contributed by atoms with Gasteiger partial charge in [-0.3, -0.25) is 9.57 Å². The van der Waals surface area contributed by atoms with E-state index < -0.39 is 14.5 Å². The number of hydrogen-bond acceptors (Lipinski definition) is 5. The van der Waals surface area contributed by atoms with Gasteiger partial charge >= 0.3 is 5.97 Å². The first-order chi connectivity index (χ1) is 7.88. The second-order valence-corrected chi connectivity index (χ2v) is 9.62. The Morgan fingerprint density at radius 1 is 1.59 bits per heavy atom. The molecule has 0 saturated carbocycles. The Hall–Kier alpha value is -0.853. The van der Waals surface area contributed by atoms with Crippen molar-refractivity contribution in [1.82, 2.24) is 4.73 Å². The van der Waals surface area contributed by atoms with Crippen molar-refractivity contribution in [3.05, 3.63) is 11.8 Å². The number of ether oxygens (including phenoxy) is 2. The van der Waals surface area contributed by atoms with Crippen LogP contribution in [0.4, 0.5) is 0 Å². The highest BCUT2D eigenvalue weighted by molar-refractivity contribution is 6.73. The third kappa shape index (κ3) is 3.83. The molecule has 0 spiro atoms. The molecule has 0 aromatic carbocycles. The molecule has 0 aliphatic carbocycles. The Bertz CT molecular complexity index is 311. The van der Waals surface area contributed by atoms with Crippen LogP contribution >= 0.6 is 0 Å². The van der Waals surface area contributed by atoms with Crippen LogP contribution in [0.2, 0.25) is 19.6 Å². The summed E-state index contributed by atoms with van der Waals surface area (Å²) in [6.07, 6.45) is 1.78. The number of carbonyl (C=O) groups excluding carboxylic acids is 1. The van der Waals surface area contributed by atoms with Gasteiger partial charge in [-0.05, 0) is 26.6 Å². The molecule has 1 atom stereocenters. The first-order valence-electron chi connectivity index (χ1n) is 5.75. The third-order valence-electron chi connectivity index (χ3n) is 2.35. The molecule has 0 saturated heterocycles. The maximum atomic E-state index is 11.6. The summed E-state index contributed by atoms with van der Waals surface area (Å²) >= 11 is 0. The van der Waals surface area contributed by atoms with Crippen molar-refractivity contribution in [1.29, 1.82) is 0 Å². The van der Waals surface area contributed by atoms with E-state index in [9.17, 15) is 4.79 Å². The molecule has 5 nitrogen and oxygen atoms in total. The van der Waals surface area contributed by atoms with Crippen molar-refractivity contribution >= 4 is 14.2 Å². The van der Waals surface area contributed by atoms with Gasteiger partial charge < -0.3 is 9.47 Å². The fraction of sp³-hybridized carbons (Fsp3) is 0.727. The zero-order valence-electron chi connectivity index (χ0n) is 11.1. The summed E-state index contributed by atoms with van der Waals surface area (Å²) in [6.45, 7) is 8.85. The summed E-state index contributed by atoms with van der Waals surface area (Å²) in [6, 6.07) is 0. The molecule has 0 bridgehead atoms. The number of hydrogen-bond donors (Lipinski definition) is 0. The monoisotopic (exact) mass is 259 g/mol. The van der Waals surface area contributed by atoms with E-state index in [1.807, 2.05) is 6.92 Å². The van der Waals surface area contributed by atoms with Crippen LogP contribution in [0.3, 0.4) is 0 Å². The van der Waals surface area contributed by atoms with Gasteiger partial charge in [0.25, 0.3) is 0 Å². The van der Waals surface area contributed by atoms with E-state index in [1.54, 1.807) is 10.9 Å². The average molecular weight is 259 g/mol. The van der Waals surface area contributed by atoms with Crippen LogP contribution in [-0.4, -0.2) is 38.9 Å². The zero-order chi connectivity index (χ0) is 13.1. The average Bonchev–Trinajstić information content (AvgIpc) is 2.27. The molecule has 98 valence electrons. The normalized spacial score (nSPS) is 21.1. The summed E-state index contributed by atoms with van der Waals surface area (Å²) in [5, 5.41) is 0. The van der Waals surface area contributed by atoms with Crippen LogP contribution in [0.15, 0.2) is 11.8 Å². The minimum atomic E-state index is -1.68. The van der Waals surface area contributed by atoms with Gasteiger partial charge in [-0.15, -0.1) is 0 Å². The number of esters is 1. The smallest absolute Gasteiger partial charge is 0.335 e. The van der Waals surface area contributed by atoms with E-state index in [-0.39, 0.29) is 5.97 Å². The molecule has 0 radical (unpaired) electrons. The van der Waals surface area contributed by atoms with Gasteiger partial charge in [0.1, 0.15) is 0 Å². The summed E-state index contributed by atoms with van der Waals surface area (Å²) in [7, 11) is -0.299. The van der Waals surface area contributed by atoms with Gasteiger partial charge in [0.15, 0.2) is 14.5 Å². The Morgan fingerprint density at radius 3 is 2.71 bits per heavy atom. The van der Waals surface area contributed by atoms with Crippen molar-refractivity contribution in [2.45, 2.75) is 39.3 Å². The molecule has 0 aromatic rings. The zero-order valence-corrected chi connectivity index (χ0v) is 12.1. The molecule has 1 rings (SSSR count). The molecule has 6 heteroatoms. The Kier molecular flexibility index (Phi) is 4.73. The second-order valence-electron chi connectivity index (χ2n) is 4.84. The molecular weight excluding hydrogens is 238 g/mol. The Labute approximate surface area is 103 Å². The summed E-state index contributed by atoms with van der Waals surface area (Å²) in [5.41, 5.74) is 0.597. The Balaban J connectivity index is 2.88. The Morgan fingerprint density at radius 2 is 2.24 bits per heavy atom. The van der Waals surface area contributed by atoms with Crippen LogP contribution in [-0.2, 0) is 19.1 Å². The first kappa shape index (κ1) is 14.2. The topological polar surface area (TPSA) is 48.0 Å². The molecule has 1 aliphatic heterocycles. The third-order valence-corrected chi connectivity index (χ3v) is 3.91. The van der Waals surface area contributed by atoms with Gasteiger partial charge in [0.05, 0.1) is 12.7 Å². The lowest BCUT2D eigenvalue weighted by molar-refractivity contribution is -0.235. The van der Waals surface area contributed by atoms with E-state index in [2.05, 4.69) is 19.6 Å². The molecule has 0 amide bonds. The predicted molar refractivity (Wildman–Crippen MR) is 66.4 cm³/mol. The predicted octanol–water partition coefficient (Wildman–Crippen LogP) is 1.88. The molecule has 1 heterocycles. The second kappa shape index (κ2) is 5.66. The SMILES string of the molecule is CCOC1CC(C(=O)OC)=CN([Si](C)(C)C)O1. The van der Waals surface area contributed by atoms with Gasteiger partial charge in [0.2, 0.25) is 0 Å². The summed E-state index contributed by atoms with van der Waals surface area (Å²) in [5.74, 6) is -0.318. The summed E-state index contributed by atoms with van der Waals surface area (Å²) in [4.78, 5) is 17.3. The quantitative estimate of drug-likeness (QED) is 0.570. The number of methoxy groups -OCH3 is 1. The lowest BCUT2D eigenvalue weighted by Crippen LogP contribution is -2.47. The lowest BCUT2D eigenvalue weighted by atomic mass is 10.2. The number of carbonyl (C=O) groups is 1. The highest BCUT2D eigenvalue weighted by Crippen LogP contribution is 2.24. The van der Waals surface area contributed by atoms with Crippen molar-refractivity contribution in [2.24, 2.45) is 0 Å². The van der Waals surface area contributed by atoms with E-state index in [0.29, 0.717) is 18.6 Å². The highest BCUT2D eigenvalue weighted by atomic mass is 28.3. The minimum absolute atomic E-state index is 0.318. The molecule has 1 aliphatic rings. The number of rotatable bonds is 4. The maximum absolute atomic E-state index is 11.6. The van der Waals surface area contributed by atoms with E-state index in [4.69, 9.17) is 14.3 Å².